The Morgan fingerprint density at radius 2 is 1.88 bits per heavy atom. The van der Waals surface area contributed by atoms with E-state index in [-0.39, 0.29) is 10.9 Å². The van der Waals surface area contributed by atoms with Gasteiger partial charge in [-0.2, -0.15) is 0 Å². The van der Waals surface area contributed by atoms with Crippen molar-refractivity contribution < 1.29 is 22.3 Å². The minimum Gasteiger partial charge on any atom is -0.496 e. The van der Waals surface area contributed by atoms with Crippen molar-refractivity contribution in [1.29, 1.82) is 0 Å². The number of benzene rings is 2. The fourth-order valence-corrected chi connectivity index (χ4v) is 3.93. The summed E-state index contributed by atoms with van der Waals surface area (Å²) in [4.78, 5) is 2.03. The standard InChI is InChI=1S/C18H21FN2O4S/c1-21(2)13-10-15-17(24-3)9-8-16(18(15)25-11-13)20-26(22,23)14-6-4-12(19)5-7-14/h4-9,13,20H,10-11H2,1-3H3/t13-/m1/s1. The number of fused-ring (bicyclic) bond motifs is 1. The van der Waals surface area contributed by atoms with Crippen LogP contribution in [-0.2, 0) is 16.4 Å². The van der Waals surface area contributed by atoms with Crippen LogP contribution < -0.4 is 14.2 Å². The molecule has 1 aliphatic heterocycles. The van der Waals surface area contributed by atoms with Crippen molar-refractivity contribution in [3.63, 3.8) is 0 Å². The van der Waals surface area contributed by atoms with Gasteiger partial charge in [-0.15, -0.1) is 0 Å². The molecule has 1 atom stereocenters. The number of halogens is 1. The van der Waals surface area contributed by atoms with Gasteiger partial charge >= 0.3 is 0 Å². The molecule has 1 heterocycles. The maximum Gasteiger partial charge on any atom is 0.262 e. The molecule has 0 saturated heterocycles. The van der Waals surface area contributed by atoms with Crippen LogP contribution in [0.25, 0.3) is 0 Å². The zero-order valence-corrected chi connectivity index (χ0v) is 15.6. The van der Waals surface area contributed by atoms with Crippen LogP contribution in [0.5, 0.6) is 11.5 Å². The molecular formula is C18H21FN2O4S. The first kappa shape index (κ1) is 18.5. The average molecular weight is 380 g/mol. The van der Waals surface area contributed by atoms with Crippen molar-refractivity contribution in [2.45, 2.75) is 17.4 Å². The van der Waals surface area contributed by atoms with Gasteiger partial charge in [0.1, 0.15) is 23.9 Å². The highest BCUT2D eigenvalue weighted by molar-refractivity contribution is 7.92. The average Bonchev–Trinajstić information content (AvgIpc) is 2.61. The maximum atomic E-state index is 13.1. The number of anilines is 1. The Labute approximate surface area is 152 Å². The number of nitrogens with one attached hydrogen (secondary N) is 1. The highest BCUT2D eigenvalue weighted by Crippen LogP contribution is 2.40. The normalized spacial score (nSPS) is 16.7. The molecule has 0 aliphatic carbocycles. The Morgan fingerprint density at radius 1 is 1.19 bits per heavy atom. The number of ether oxygens (including phenoxy) is 2. The van der Waals surface area contributed by atoms with Gasteiger partial charge in [-0.1, -0.05) is 0 Å². The SMILES string of the molecule is COc1ccc(NS(=O)(=O)c2ccc(F)cc2)c2c1C[C@@H](N(C)C)CO2. The van der Waals surface area contributed by atoms with E-state index in [0.717, 1.165) is 17.7 Å². The van der Waals surface area contributed by atoms with Crippen molar-refractivity contribution in [3.05, 3.63) is 47.8 Å². The lowest BCUT2D eigenvalue weighted by molar-refractivity contribution is 0.164. The predicted molar refractivity (Wildman–Crippen MR) is 96.9 cm³/mol. The van der Waals surface area contributed by atoms with Gasteiger partial charge in [-0.25, -0.2) is 12.8 Å². The lowest BCUT2D eigenvalue weighted by atomic mass is 10.00. The largest absolute Gasteiger partial charge is 0.496 e. The number of nitrogens with zero attached hydrogens (tertiary/aromatic N) is 1. The van der Waals surface area contributed by atoms with Crippen LogP contribution in [0.4, 0.5) is 10.1 Å². The van der Waals surface area contributed by atoms with Gasteiger partial charge in [0, 0.05) is 11.6 Å². The summed E-state index contributed by atoms with van der Waals surface area (Å²) >= 11 is 0. The Bertz CT molecular complexity index is 898. The summed E-state index contributed by atoms with van der Waals surface area (Å²) < 4.78 is 52.1. The van der Waals surface area contributed by atoms with Crippen LogP contribution in [0.3, 0.4) is 0 Å². The fourth-order valence-electron chi connectivity index (χ4n) is 2.86. The smallest absolute Gasteiger partial charge is 0.262 e. The van der Waals surface area contributed by atoms with E-state index in [1.807, 2.05) is 14.1 Å². The van der Waals surface area contributed by atoms with E-state index < -0.39 is 15.8 Å². The molecule has 2 aromatic carbocycles. The van der Waals surface area contributed by atoms with Gasteiger partial charge in [0.05, 0.1) is 17.7 Å². The van der Waals surface area contributed by atoms with E-state index in [2.05, 4.69) is 9.62 Å². The van der Waals surface area contributed by atoms with E-state index >= 15 is 0 Å². The number of rotatable bonds is 5. The molecule has 0 fully saturated rings. The third-order valence-corrected chi connectivity index (χ3v) is 5.78. The second-order valence-corrected chi connectivity index (χ2v) is 8.00. The maximum absolute atomic E-state index is 13.1. The number of hydrogen-bond acceptors (Lipinski definition) is 5. The van der Waals surface area contributed by atoms with Gasteiger partial charge in [0.15, 0.2) is 0 Å². The van der Waals surface area contributed by atoms with Crippen LogP contribution in [-0.4, -0.2) is 47.2 Å². The second kappa shape index (κ2) is 7.13. The van der Waals surface area contributed by atoms with Crippen molar-refractivity contribution in [2.75, 3.05) is 32.5 Å². The van der Waals surface area contributed by atoms with E-state index in [9.17, 15) is 12.8 Å². The monoisotopic (exact) mass is 380 g/mol. The molecule has 1 N–H and O–H groups in total. The van der Waals surface area contributed by atoms with Gasteiger partial charge < -0.3 is 14.4 Å². The molecular weight excluding hydrogens is 359 g/mol. The number of methoxy groups -OCH3 is 1. The zero-order valence-electron chi connectivity index (χ0n) is 14.8. The summed E-state index contributed by atoms with van der Waals surface area (Å²) in [6, 6.07) is 8.14. The molecule has 2 aromatic rings. The van der Waals surface area contributed by atoms with Crippen molar-refractivity contribution in [2.24, 2.45) is 0 Å². The molecule has 0 bridgehead atoms. The van der Waals surface area contributed by atoms with Gasteiger partial charge in [0.2, 0.25) is 0 Å². The first-order valence-corrected chi connectivity index (χ1v) is 9.57. The third kappa shape index (κ3) is 3.61. The highest BCUT2D eigenvalue weighted by Gasteiger charge is 2.28. The lowest BCUT2D eigenvalue weighted by Crippen LogP contribution is -2.38. The van der Waals surface area contributed by atoms with Crippen LogP contribution in [0.2, 0.25) is 0 Å². The molecule has 8 heteroatoms. The Hall–Kier alpha value is -2.32. The van der Waals surface area contributed by atoms with Crippen LogP contribution in [0.15, 0.2) is 41.3 Å². The first-order chi connectivity index (χ1) is 12.3. The van der Waals surface area contributed by atoms with E-state index in [0.29, 0.717) is 30.2 Å². The summed E-state index contributed by atoms with van der Waals surface area (Å²) in [5, 5.41) is 0. The Morgan fingerprint density at radius 3 is 2.50 bits per heavy atom. The first-order valence-electron chi connectivity index (χ1n) is 8.09. The summed E-state index contributed by atoms with van der Waals surface area (Å²) in [6.45, 7) is 0.443. The third-order valence-electron chi connectivity index (χ3n) is 4.40. The number of likely N-dealkylation sites (N-methyl/N-ethyl adjacent to an activating group) is 1. The fraction of sp³-hybridized carbons (Fsp3) is 0.333. The minimum atomic E-state index is -3.86. The highest BCUT2D eigenvalue weighted by atomic mass is 32.2. The molecule has 140 valence electrons. The predicted octanol–water partition coefficient (Wildman–Crippen LogP) is 2.50. The van der Waals surface area contributed by atoms with Crippen molar-refractivity contribution in [3.8, 4) is 11.5 Å². The molecule has 1 aliphatic rings. The second-order valence-electron chi connectivity index (χ2n) is 6.32. The van der Waals surface area contributed by atoms with Gasteiger partial charge in [-0.05, 0) is 56.9 Å². The molecule has 26 heavy (non-hydrogen) atoms. The zero-order chi connectivity index (χ0) is 18.9. The van der Waals surface area contributed by atoms with Gasteiger partial charge in [0.25, 0.3) is 10.0 Å². The number of sulfonamides is 1. The summed E-state index contributed by atoms with van der Waals surface area (Å²) in [6.07, 6.45) is 0.678. The molecule has 0 radical (unpaired) electrons. The summed E-state index contributed by atoms with van der Waals surface area (Å²) in [5.41, 5.74) is 1.15. The molecule has 0 unspecified atom stereocenters. The van der Waals surface area contributed by atoms with E-state index in [1.165, 1.54) is 12.1 Å². The minimum absolute atomic E-state index is 0.0227. The summed E-state index contributed by atoms with van der Waals surface area (Å²) in [5.74, 6) is 0.619. The molecule has 0 amide bonds. The Kier molecular flexibility index (Phi) is 5.06. The summed E-state index contributed by atoms with van der Waals surface area (Å²) in [7, 11) is 1.64. The van der Waals surface area contributed by atoms with Crippen LogP contribution in [0, 0.1) is 5.82 Å². The van der Waals surface area contributed by atoms with Crippen LogP contribution >= 0.6 is 0 Å². The quantitative estimate of drug-likeness (QED) is 0.863. The molecule has 3 rings (SSSR count). The molecule has 0 spiro atoms. The Balaban J connectivity index is 1.97. The van der Waals surface area contributed by atoms with Crippen LogP contribution in [0.1, 0.15) is 5.56 Å². The molecule has 6 nitrogen and oxygen atoms in total. The van der Waals surface area contributed by atoms with Crippen molar-refractivity contribution in [1.82, 2.24) is 4.90 Å². The van der Waals surface area contributed by atoms with Crippen molar-refractivity contribution >= 4 is 15.7 Å². The van der Waals surface area contributed by atoms with E-state index in [1.54, 1.807) is 19.2 Å². The topological polar surface area (TPSA) is 67.9 Å². The van der Waals surface area contributed by atoms with Gasteiger partial charge in [-0.3, -0.25) is 4.72 Å². The molecule has 0 aromatic heterocycles. The number of hydrogen-bond donors (Lipinski definition) is 1. The van der Waals surface area contributed by atoms with E-state index in [4.69, 9.17) is 9.47 Å². The lowest BCUT2D eigenvalue weighted by Gasteiger charge is -2.32. The molecule has 0 saturated carbocycles.